The Morgan fingerprint density at radius 1 is 1.33 bits per heavy atom. The lowest BCUT2D eigenvalue weighted by atomic mass is 10.3. The highest BCUT2D eigenvalue weighted by atomic mass is 19.4. The molecule has 2 N–H and O–H groups in total. The van der Waals surface area contributed by atoms with Crippen molar-refractivity contribution in [3.8, 4) is 11.8 Å². The van der Waals surface area contributed by atoms with Gasteiger partial charge in [-0.1, -0.05) is 0 Å². The molecule has 2 heterocycles. The van der Waals surface area contributed by atoms with Gasteiger partial charge >= 0.3 is 12.2 Å². The van der Waals surface area contributed by atoms with E-state index in [4.69, 9.17) is 10.5 Å². The van der Waals surface area contributed by atoms with Gasteiger partial charge in [-0.25, -0.2) is 4.98 Å². The highest BCUT2D eigenvalue weighted by molar-refractivity contribution is 5.34. The number of nitrogen functional groups attached to an aromatic ring is 1. The molecule has 2 rings (SSSR count). The van der Waals surface area contributed by atoms with Crippen molar-refractivity contribution >= 4 is 5.95 Å². The number of rotatable bonds is 2. The van der Waals surface area contributed by atoms with Crippen LogP contribution in [-0.2, 0) is 6.18 Å². The summed E-state index contributed by atoms with van der Waals surface area (Å²) in [5.74, 6) is 0.0930. The molecule has 6 nitrogen and oxygen atoms in total. The molecule has 0 spiro atoms. The molecule has 2 aromatic rings. The van der Waals surface area contributed by atoms with Gasteiger partial charge < -0.3 is 10.5 Å². The third kappa shape index (κ3) is 2.19. The highest BCUT2D eigenvalue weighted by Gasteiger charge is 2.30. The second-order valence-corrected chi connectivity index (χ2v) is 3.27. The summed E-state index contributed by atoms with van der Waals surface area (Å²) >= 11 is 0. The number of ether oxygens (including phenoxy) is 1. The lowest BCUT2D eigenvalue weighted by Crippen LogP contribution is -2.08. The van der Waals surface area contributed by atoms with Gasteiger partial charge in [-0.3, -0.25) is 0 Å². The molecule has 9 heteroatoms. The Labute approximate surface area is 99.2 Å². The standard InChI is InChI=1S/C9H8F3N5O/c1-18-8-15-7(13)17(16-8)6-3-2-5(4-14-6)9(10,11)12/h2-4H,1H3,(H2,13,15,16). The molecule has 0 fully saturated rings. The van der Waals surface area contributed by atoms with Gasteiger partial charge in [-0.15, -0.1) is 5.10 Å². The minimum absolute atomic E-state index is 0.00852. The SMILES string of the molecule is COc1nc(N)n(-c2ccc(C(F)(F)F)cn2)n1. The first kappa shape index (κ1) is 12.1. The Morgan fingerprint density at radius 3 is 2.50 bits per heavy atom. The van der Waals surface area contributed by atoms with E-state index in [9.17, 15) is 13.2 Å². The van der Waals surface area contributed by atoms with Crippen LogP contribution in [0.1, 0.15) is 5.56 Å². The largest absolute Gasteiger partial charge is 0.466 e. The molecule has 0 radical (unpaired) electrons. The Bertz CT molecular complexity index is 548. The van der Waals surface area contributed by atoms with Crippen LogP contribution in [-0.4, -0.2) is 26.9 Å². The highest BCUT2D eigenvalue weighted by Crippen LogP contribution is 2.28. The summed E-state index contributed by atoms with van der Waals surface area (Å²) in [5, 5.41) is 3.80. The number of anilines is 1. The molecule has 0 atom stereocenters. The molecule has 2 aromatic heterocycles. The molecule has 0 aliphatic rings. The molecule has 96 valence electrons. The third-order valence-corrected chi connectivity index (χ3v) is 2.09. The van der Waals surface area contributed by atoms with Crippen LogP contribution in [0, 0.1) is 0 Å². The zero-order valence-corrected chi connectivity index (χ0v) is 9.14. The molecule has 0 aromatic carbocycles. The number of nitrogens with zero attached hydrogens (tertiary/aromatic N) is 4. The smallest absolute Gasteiger partial charge is 0.417 e. The van der Waals surface area contributed by atoms with E-state index in [2.05, 4.69) is 15.1 Å². The van der Waals surface area contributed by atoms with E-state index in [1.54, 1.807) is 0 Å². The predicted molar refractivity (Wildman–Crippen MR) is 55.1 cm³/mol. The van der Waals surface area contributed by atoms with Crippen LogP contribution >= 0.6 is 0 Å². The van der Waals surface area contributed by atoms with Crippen molar-refractivity contribution in [3.05, 3.63) is 23.9 Å². The van der Waals surface area contributed by atoms with Crippen LogP contribution < -0.4 is 10.5 Å². The fourth-order valence-corrected chi connectivity index (χ4v) is 1.24. The summed E-state index contributed by atoms with van der Waals surface area (Å²) in [4.78, 5) is 7.35. The first-order valence-electron chi connectivity index (χ1n) is 4.72. The minimum atomic E-state index is -4.43. The van der Waals surface area contributed by atoms with Crippen molar-refractivity contribution in [2.24, 2.45) is 0 Å². The Balaban J connectivity index is 2.37. The third-order valence-electron chi connectivity index (χ3n) is 2.09. The van der Waals surface area contributed by atoms with Crippen LogP contribution in [0.25, 0.3) is 5.82 Å². The van der Waals surface area contributed by atoms with Gasteiger partial charge in [-0.2, -0.15) is 22.8 Å². The number of methoxy groups -OCH3 is 1. The molecule has 0 aliphatic carbocycles. The molecular formula is C9H8F3N5O. The fourth-order valence-electron chi connectivity index (χ4n) is 1.24. The Hall–Kier alpha value is -2.32. The van der Waals surface area contributed by atoms with Gasteiger partial charge in [-0.05, 0) is 12.1 Å². The van der Waals surface area contributed by atoms with Gasteiger partial charge in [0.25, 0.3) is 0 Å². The molecule has 0 saturated heterocycles. The van der Waals surface area contributed by atoms with Crippen molar-refractivity contribution in [1.82, 2.24) is 19.7 Å². The average Bonchev–Trinajstić information content (AvgIpc) is 2.70. The topological polar surface area (TPSA) is 78.9 Å². The molecular weight excluding hydrogens is 251 g/mol. The summed E-state index contributed by atoms with van der Waals surface area (Å²) in [7, 11) is 1.35. The van der Waals surface area contributed by atoms with Crippen molar-refractivity contribution in [2.75, 3.05) is 12.8 Å². The summed E-state index contributed by atoms with van der Waals surface area (Å²) in [6, 6.07) is 2.04. The van der Waals surface area contributed by atoms with Gasteiger partial charge in [0.1, 0.15) is 0 Å². The lowest BCUT2D eigenvalue weighted by Gasteiger charge is -2.06. The zero-order chi connectivity index (χ0) is 13.3. The second-order valence-electron chi connectivity index (χ2n) is 3.27. The van der Waals surface area contributed by atoms with E-state index in [1.807, 2.05) is 0 Å². The van der Waals surface area contributed by atoms with Gasteiger partial charge in [0.15, 0.2) is 5.82 Å². The van der Waals surface area contributed by atoms with Crippen molar-refractivity contribution in [2.45, 2.75) is 6.18 Å². The molecule has 0 saturated carbocycles. The summed E-state index contributed by atoms with van der Waals surface area (Å²) in [6.45, 7) is 0. The maximum atomic E-state index is 12.3. The van der Waals surface area contributed by atoms with Crippen LogP contribution in [0.2, 0.25) is 0 Å². The van der Waals surface area contributed by atoms with Crippen LogP contribution in [0.5, 0.6) is 6.01 Å². The summed E-state index contributed by atoms with van der Waals surface area (Å²) in [5.41, 5.74) is 4.67. The minimum Gasteiger partial charge on any atom is -0.466 e. The van der Waals surface area contributed by atoms with E-state index < -0.39 is 11.7 Å². The van der Waals surface area contributed by atoms with E-state index in [0.29, 0.717) is 6.20 Å². The van der Waals surface area contributed by atoms with E-state index >= 15 is 0 Å². The normalized spacial score (nSPS) is 11.6. The van der Waals surface area contributed by atoms with E-state index in [0.717, 1.165) is 16.8 Å². The zero-order valence-electron chi connectivity index (χ0n) is 9.14. The van der Waals surface area contributed by atoms with Crippen molar-refractivity contribution in [1.29, 1.82) is 0 Å². The quantitative estimate of drug-likeness (QED) is 0.878. The van der Waals surface area contributed by atoms with Crippen molar-refractivity contribution in [3.63, 3.8) is 0 Å². The molecule has 18 heavy (non-hydrogen) atoms. The number of halogens is 3. The molecule has 0 unspecified atom stereocenters. The monoisotopic (exact) mass is 259 g/mol. The van der Waals surface area contributed by atoms with E-state index in [1.165, 1.54) is 7.11 Å². The Morgan fingerprint density at radius 2 is 2.06 bits per heavy atom. The fraction of sp³-hybridized carbons (Fsp3) is 0.222. The van der Waals surface area contributed by atoms with Crippen molar-refractivity contribution < 1.29 is 17.9 Å². The van der Waals surface area contributed by atoms with Crippen LogP contribution in [0.3, 0.4) is 0 Å². The maximum Gasteiger partial charge on any atom is 0.417 e. The summed E-state index contributed by atoms with van der Waals surface area (Å²) < 4.78 is 42.8. The van der Waals surface area contributed by atoms with Crippen LogP contribution in [0.15, 0.2) is 18.3 Å². The second kappa shape index (κ2) is 4.17. The van der Waals surface area contributed by atoms with E-state index in [-0.39, 0.29) is 17.8 Å². The number of hydrogen-bond acceptors (Lipinski definition) is 5. The molecule has 0 bridgehead atoms. The number of aromatic nitrogens is 4. The average molecular weight is 259 g/mol. The predicted octanol–water partition coefficient (Wildman–Crippen LogP) is 1.27. The van der Waals surface area contributed by atoms with Crippen LogP contribution in [0.4, 0.5) is 19.1 Å². The molecule has 0 aliphatic heterocycles. The summed E-state index contributed by atoms with van der Waals surface area (Å²) in [6.07, 6.45) is -3.74. The maximum absolute atomic E-state index is 12.3. The first-order valence-corrected chi connectivity index (χ1v) is 4.72. The Kier molecular flexibility index (Phi) is 2.81. The number of pyridine rings is 1. The van der Waals surface area contributed by atoms with Gasteiger partial charge in [0.2, 0.25) is 5.95 Å². The number of nitrogens with two attached hydrogens (primary N) is 1. The van der Waals surface area contributed by atoms with Gasteiger partial charge in [0, 0.05) is 6.20 Å². The lowest BCUT2D eigenvalue weighted by molar-refractivity contribution is -0.137. The van der Waals surface area contributed by atoms with Gasteiger partial charge in [0.05, 0.1) is 12.7 Å². The molecule has 0 amide bonds. The number of alkyl halides is 3. The number of hydrogen-bond donors (Lipinski definition) is 1. The first-order chi connectivity index (χ1) is 8.41.